The molecule has 0 saturated carbocycles. The molecule has 0 aliphatic heterocycles. The molecular weight excluding hydrogens is 256 g/mol. The molecule has 1 aliphatic rings. The minimum absolute atomic E-state index is 0.121. The van der Waals surface area contributed by atoms with Crippen molar-refractivity contribution in [3.8, 4) is 0 Å². The summed E-state index contributed by atoms with van der Waals surface area (Å²) in [6.07, 6.45) is 2.35. The van der Waals surface area contributed by atoms with Gasteiger partial charge in [0.05, 0.1) is 0 Å². The topological polar surface area (TPSA) is 26.0 Å². The molecule has 0 spiro atoms. The van der Waals surface area contributed by atoms with Crippen molar-refractivity contribution in [2.45, 2.75) is 19.3 Å². The molecule has 0 atom stereocenters. The number of halogens is 2. The molecule has 0 bridgehead atoms. The van der Waals surface area contributed by atoms with Crippen LogP contribution in [0.25, 0.3) is 0 Å². The molecule has 2 aromatic rings. The van der Waals surface area contributed by atoms with Crippen LogP contribution in [-0.2, 0) is 19.3 Å². The number of hydrogen-bond donors (Lipinski definition) is 1. The summed E-state index contributed by atoms with van der Waals surface area (Å²) in [6.45, 7) is 0.514. The van der Waals surface area contributed by atoms with Crippen LogP contribution in [-0.4, -0.2) is 6.54 Å². The van der Waals surface area contributed by atoms with Gasteiger partial charge in [-0.1, -0.05) is 24.3 Å². The van der Waals surface area contributed by atoms with Crippen molar-refractivity contribution in [2.75, 3.05) is 6.54 Å². The van der Waals surface area contributed by atoms with Gasteiger partial charge in [-0.25, -0.2) is 8.78 Å². The molecule has 2 N–H and O–H groups in total. The van der Waals surface area contributed by atoms with Gasteiger partial charge in [0.25, 0.3) is 0 Å². The molecule has 104 valence electrons. The summed E-state index contributed by atoms with van der Waals surface area (Å²) in [5, 5.41) is 0. The van der Waals surface area contributed by atoms with E-state index in [1.165, 1.54) is 23.3 Å². The average molecular weight is 273 g/mol. The monoisotopic (exact) mass is 273 g/mol. The normalized spacial score (nSPS) is 16.1. The quantitative estimate of drug-likeness (QED) is 0.912. The standard InChI is InChI=1S/C17H17F2N/c18-15-5-12(6-16(19)7-15)8-17(11-20)9-13-3-1-2-4-14(13)10-17/h1-7H,8-11,20H2. The highest BCUT2D eigenvalue weighted by atomic mass is 19.1. The zero-order chi connectivity index (χ0) is 14.2. The minimum atomic E-state index is -0.525. The maximum atomic E-state index is 13.3. The zero-order valence-electron chi connectivity index (χ0n) is 11.2. The molecule has 2 aromatic carbocycles. The van der Waals surface area contributed by atoms with Crippen molar-refractivity contribution in [3.63, 3.8) is 0 Å². The Morgan fingerprint density at radius 2 is 1.50 bits per heavy atom. The van der Waals surface area contributed by atoms with Crippen LogP contribution in [0.3, 0.4) is 0 Å². The second-order valence-corrected chi connectivity index (χ2v) is 5.78. The molecule has 0 aromatic heterocycles. The van der Waals surface area contributed by atoms with Crippen LogP contribution in [0.5, 0.6) is 0 Å². The first kappa shape index (κ1) is 13.3. The van der Waals surface area contributed by atoms with Crippen LogP contribution in [0.1, 0.15) is 16.7 Å². The van der Waals surface area contributed by atoms with E-state index in [2.05, 4.69) is 12.1 Å². The van der Waals surface area contributed by atoms with E-state index >= 15 is 0 Å². The number of rotatable bonds is 3. The van der Waals surface area contributed by atoms with Crippen molar-refractivity contribution in [1.29, 1.82) is 0 Å². The van der Waals surface area contributed by atoms with Gasteiger partial charge in [0.15, 0.2) is 0 Å². The van der Waals surface area contributed by atoms with E-state index in [0.717, 1.165) is 18.9 Å². The van der Waals surface area contributed by atoms with Gasteiger partial charge >= 0.3 is 0 Å². The third-order valence-electron chi connectivity index (χ3n) is 4.18. The summed E-state index contributed by atoms with van der Waals surface area (Å²) in [5.74, 6) is -1.05. The molecule has 0 unspecified atom stereocenters. The first-order valence-electron chi connectivity index (χ1n) is 6.82. The summed E-state index contributed by atoms with van der Waals surface area (Å²) >= 11 is 0. The van der Waals surface area contributed by atoms with Crippen molar-refractivity contribution < 1.29 is 8.78 Å². The highest BCUT2D eigenvalue weighted by Crippen LogP contribution is 2.39. The highest BCUT2D eigenvalue weighted by molar-refractivity contribution is 5.36. The lowest BCUT2D eigenvalue weighted by Crippen LogP contribution is -2.33. The van der Waals surface area contributed by atoms with Crippen molar-refractivity contribution in [2.24, 2.45) is 11.1 Å². The van der Waals surface area contributed by atoms with Gasteiger partial charge in [-0.05, 0) is 60.0 Å². The number of benzene rings is 2. The molecule has 20 heavy (non-hydrogen) atoms. The van der Waals surface area contributed by atoms with Gasteiger partial charge in [-0.2, -0.15) is 0 Å². The fraction of sp³-hybridized carbons (Fsp3) is 0.294. The van der Waals surface area contributed by atoms with Gasteiger partial charge in [0, 0.05) is 6.07 Å². The summed E-state index contributed by atoms with van der Waals surface area (Å²) in [6, 6.07) is 12.0. The summed E-state index contributed by atoms with van der Waals surface area (Å²) in [7, 11) is 0. The number of fused-ring (bicyclic) bond motifs is 1. The molecule has 0 radical (unpaired) electrons. The first-order valence-corrected chi connectivity index (χ1v) is 6.82. The molecule has 1 nitrogen and oxygen atoms in total. The van der Waals surface area contributed by atoms with E-state index in [-0.39, 0.29) is 5.41 Å². The molecule has 0 saturated heterocycles. The maximum Gasteiger partial charge on any atom is 0.126 e. The lowest BCUT2D eigenvalue weighted by atomic mass is 9.79. The predicted molar refractivity (Wildman–Crippen MR) is 75.4 cm³/mol. The number of nitrogens with two attached hydrogens (primary N) is 1. The second-order valence-electron chi connectivity index (χ2n) is 5.78. The van der Waals surface area contributed by atoms with Crippen LogP contribution < -0.4 is 5.73 Å². The van der Waals surface area contributed by atoms with Crippen molar-refractivity contribution in [1.82, 2.24) is 0 Å². The largest absolute Gasteiger partial charge is 0.330 e. The lowest BCUT2D eigenvalue weighted by molar-refractivity contribution is 0.314. The van der Waals surface area contributed by atoms with Crippen molar-refractivity contribution in [3.05, 3.63) is 70.8 Å². The van der Waals surface area contributed by atoms with Gasteiger partial charge in [-0.15, -0.1) is 0 Å². The van der Waals surface area contributed by atoms with Gasteiger partial charge in [0.1, 0.15) is 11.6 Å². The molecule has 3 heteroatoms. The Bertz CT molecular complexity index is 591. The Morgan fingerprint density at radius 3 is 2.00 bits per heavy atom. The summed E-state index contributed by atoms with van der Waals surface area (Å²) in [5.41, 5.74) is 9.15. The van der Waals surface area contributed by atoms with Gasteiger partial charge in [-0.3, -0.25) is 0 Å². The minimum Gasteiger partial charge on any atom is -0.330 e. The smallest absolute Gasteiger partial charge is 0.126 e. The van der Waals surface area contributed by atoms with E-state index in [1.54, 1.807) is 0 Å². The Kier molecular flexibility index (Phi) is 3.30. The molecular formula is C17H17F2N. The second kappa shape index (κ2) is 4.98. The molecule has 1 aliphatic carbocycles. The third-order valence-corrected chi connectivity index (χ3v) is 4.18. The Morgan fingerprint density at radius 1 is 0.950 bits per heavy atom. The van der Waals surface area contributed by atoms with Crippen LogP contribution in [0.15, 0.2) is 42.5 Å². The van der Waals surface area contributed by atoms with E-state index < -0.39 is 11.6 Å². The molecule has 0 amide bonds. The van der Waals surface area contributed by atoms with Crippen LogP contribution in [0.4, 0.5) is 8.78 Å². The maximum absolute atomic E-state index is 13.3. The lowest BCUT2D eigenvalue weighted by Gasteiger charge is -2.27. The highest BCUT2D eigenvalue weighted by Gasteiger charge is 2.36. The third kappa shape index (κ3) is 2.46. The summed E-state index contributed by atoms with van der Waals surface area (Å²) < 4.78 is 26.6. The predicted octanol–water partition coefficient (Wildman–Crippen LogP) is 3.25. The molecule has 0 heterocycles. The zero-order valence-corrected chi connectivity index (χ0v) is 11.2. The Hall–Kier alpha value is -1.74. The first-order chi connectivity index (χ1) is 9.60. The van der Waals surface area contributed by atoms with Crippen LogP contribution in [0.2, 0.25) is 0 Å². The van der Waals surface area contributed by atoms with E-state index in [4.69, 9.17) is 5.73 Å². The Labute approximate surface area is 117 Å². The Balaban J connectivity index is 1.89. The van der Waals surface area contributed by atoms with Crippen LogP contribution in [0, 0.1) is 17.0 Å². The van der Waals surface area contributed by atoms with Gasteiger partial charge < -0.3 is 5.73 Å². The fourth-order valence-corrected chi connectivity index (χ4v) is 3.26. The van der Waals surface area contributed by atoms with E-state index in [9.17, 15) is 8.78 Å². The molecule has 0 fully saturated rings. The molecule has 3 rings (SSSR count). The SMILES string of the molecule is NCC1(Cc2cc(F)cc(F)c2)Cc2ccccc2C1. The van der Waals surface area contributed by atoms with Crippen LogP contribution >= 0.6 is 0 Å². The average Bonchev–Trinajstić information content (AvgIpc) is 2.76. The summed E-state index contributed by atoms with van der Waals surface area (Å²) in [4.78, 5) is 0. The number of hydrogen-bond acceptors (Lipinski definition) is 1. The van der Waals surface area contributed by atoms with Gasteiger partial charge in [0.2, 0.25) is 0 Å². The fourth-order valence-electron chi connectivity index (χ4n) is 3.26. The van der Waals surface area contributed by atoms with Crippen molar-refractivity contribution >= 4 is 0 Å². The van der Waals surface area contributed by atoms with E-state index in [0.29, 0.717) is 18.5 Å². The van der Waals surface area contributed by atoms with E-state index in [1.807, 2.05) is 12.1 Å².